The fraction of sp³-hybridized carbons (Fsp3) is 0.500. The summed E-state index contributed by atoms with van der Waals surface area (Å²) in [5.74, 6) is 0. The van der Waals surface area contributed by atoms with E-state index in [0.717, 1.165) is 5.56 Å². The smallest absolute Gasteiger partial charge is 0.0991 e. The van der Waals surface area contributed by atoms with Crippen LogP contribution in [0, 0.1) is 11.3 Å². The van der Waals surface area contributed by atoms with Crippen molar-refractivity contribution in [3.63, 3.8) is 0 Å². The van der Waals surface area contributed by atoms with Gasteiger partial charge in [-0.1, -0.05) is 12.1 Å². The zero-order valence-corrected chi connectivity index (χ0v) is 10.9. The van der Waals surface area contributed by atoms with Crippen molar-refractivity contribution in [3.8, 4) is 6.07 Å². The molecule has 0 heterocycles. The van der Waals surface area contributed by atoms with Crippen LogP contribution >= 0.6 is 0 Å². The summed E-state index contributed by atoms with van der Waals surface area (Å²) in [4.78, 5) is 2.02. The van der Waals surface area contributed by atoms with Crippen molar-refractivity contribution in [3.05, 3.63) is 35.4 Å². The van der Waals surface area contributed by atoms with Gasteiger partial charge >= 0.3 is 0 Å². The number of rotatable bonds is 6. The molecule has 0 aromatic heterocycles. The van der Waals surface area contributed by atoms with Gasteiger partial charge in [-0.25, -0.2) is 0 Å². The second-order valence-corrected chi connectivity index (χ2v) is 4.56. The molecule has 0 aliphatic carbocycles. The van der Waals surface area contributed by atoms with Crippen molar-refractivity contribution in [2.75, 3.05) is 19.7 Å². The van der Waals surface area contributed by atoms with Crippen molar-refractivity contribution in [1.82, 2.24) is 4.90 Å². The Morgan fingerprint density at radius 3 is 2.33 bits per heavy atom. The summed E-state index contributed by atoms with van der Waals surface area (Å²) < 4.78 is 0. The van der Waals surface area contributed by atoms with Crippen molar-refractivity contribution in [2.45, 2.75) is 26.0 Å². The molecule has 1 rings (SSSR count). The first-order chi connectivity index (χ1) is 8.58. The number of aliphatic hydroxyl groups excluding tert-OH is 2. The first kappa shape index (κ1) is 14.7. The van der Waals surface area contributed by atoms with E-state index in [4.69, 9.17) is 10.4 Å². The van der Waals surface area contributed by atoms with Crippen LogP contribution < -0.4 is 0 Å². The van der Waals surface area contributed by atoms with E-state index in [9.17, 15) is 5.11 Å². The van der Waals surface area contributed by atoms with E-state index in [-0.39, 0.29) is 12.6 Å². The molecule has 4 nitrogen and oxygen atoms in total. The van der Waals surface area contributed by atoms with Gasteiger partial charge in [0.05, 0.1) is 24.3 Å². The van der Waals surface area contributed by atoms with Crippen molar-refractivity contribution < 1.29 is 10.2 Å². The molecule has 0 bridgehead atoms. The number of hydrogen-bond acceptors (Lipinski definition) is 4. The van der Waals surface area contributed by atoms with Gasteiger partial charge in [-0.15, -0.1) is 0 Å². The van der Waals surface area contributed by atoms with E-state index in [1.165, 1.54) is 0 Å². The Morgan fingerprint density at radius 2 is 1.89 bits per heavy atom. The number of nitrogens with zero attached hydrogens (tertiary/aromatic N) is 2. The summed E-state index contributed by atoms with van der Waals surface area (Å²) in [6, 6.07) is 9.24. The normalized spacial score (nSPS) is 12.7. The maximum Gasteiger partial charge on any atom is 0.0991 e. The lowest BCUT2D eigenvalue weighted by Gasteiger charge is -2.28. The van der Waals surface area contributed by atoms with Gasteiger partial charge in [-0.3, -0.25) is 4.90 Å². The fourth-order valence-electron chi connectivity index (χ4n) is 1.80. The van der Waals surface area contributed by atoms with Gasteiger partial charge in [0, 0.05) is 19.1 Å². The minimum Gasteiger partial charge on any atom is -0.395 e. The molecule has 0 saturated carbocycles. The highest BCUT2D eigenvalue weighted by Gasteiger charge is 2.15. The van der Waals surface area contributed by atoms with E-state index in [2.05, 4.69) is 0 Å². The predicted octanol–water partition coefficient (Wildman–Crippen LogP) is 1.29. The molecule has 0 fully saturated rings. The average Bonchev–Trinajstić information content (AvgIpc) is 2.38. The topological polar surface area (TPSA) is 67.5 Å². The monoisotopic (exact) mass is 248 g/mol. The van der Waals surface area contributed by atoms with Gasteiger partial charge in [0.25, 0.3) is 0 Å². The third kappa shape index (κ3) is 4.11. The number of nitriles is 1. The van der Waals surface area contributed by atoms with Crippen LogP contribution in [0.4, 0.5) is 0 Å². The molecule has 1 aromatic rings. The van der Waals surface area contributed by atoms with Crippen LogP contribution in [-0.4, -0.2) is 40.9 Å². The van der Waals surface area contributed by atoms with Gasteiger partial charge in [-0.05, 0) is 31.5 Å². The number of benzene rings is 1. The molecule has 98 valence electrons. The molecule has 0 aliphatic rings. The van der Waals surface area contributed by atoms with Crippen LogP contribution in [0.3, 0.4) is 0 Å². The highest BCUT2D eigenvalue weighted by Crippen LogP contribution is 2.16. The molecular formula is C14H20N2O2. The Balaban J connectivity index is 2.68. The van der Waals surface area contributed by atoms with Crippen LogP contribution in [0.15, 0.2) is 24.3 Å². The number of aliphatic hydroxyl groups is 2. The van der Waals surface area contributed by atoms with Crippen LogP contribution in [0.2, 0.25) is 0 Å². The maximum absolute atomic E-state index is 10.1. The van der Waals surface area contributed by atoms with E-state index in [1.807, 2.05) is 24.8 Å². The molecule has 0 amide bonds. The van der Waals surface area contributed by atoms with Gasteiger partial charge in [0.1, 0.15) is 0 Å². The van der Waals surface area contributed by atoms with Gasteiger partial charge < -0.3 is 10.2 Å². The largest absolute Gasteiger partial charge is 0.395 e. The maximum atomic E-state index is 10.1. The highest BCUT2D eigenvalue weighted by atomic mass is 16.3. The Bertz CT molecular complexity index is 395. The third-order valence-electron chi connectivity index (χ3n) is 2.95. The van der Waals surface area contributed by atoms with E-state index < -0.39 is 6.10 Å². The molecule has 1 atom stereocenters. The van der Waals surface area contributed by atoms with Crippen LogP contribution in [-0.2, 0) is 0 Å². The number of hydrogen-bond donors (Lipinski definition) is 2. The lowest BCUT2D eigenvalue weighted by Crippen LogP contribution is -2.36. The molecule has 0 spiro atoms. The minimum atomic E-state index is -0.605. The zero-order valence-electron chi connectivity index (χ0n) is 10.9. The summed E-state index contributed by atoms with van der Waals surface area (Å²) in [6.07, 6.45) is -0.605. The lowest BCUT2D eigenvalue weighted by molar-refractivity contribution is 0.0820. The Hall–Kier alpha value is -1.41. The molecule has 0 saturated heterocycles. The summed E-state index contributed by atoms with van der Waals surface area (Å²) in [5, 5.41) is 27.8. The summed E-state index contributed by atoms with van der Waals surface area (Å²) >= 11 is 0. The lowest BCUT2D eigenvalue weighted by atomic mass is 10.1. The predicted molar refractivity (Wildman–Crippen MR) is 69.9 cm³/mol. The van der Waals surface area contributed by atoms with Crippen molar-refractivity contribution >= 4 is 0 Å². The molecule has 1 unspecified atom stereocenters. The highest BCUT2D eigenvalue weighted by molar-refractivity contribution is 5.32. The molecule has 4 heteroatoms. The van der Waals surface area contributed by atoms with E-state index in [1.54, 1.807) is 24.3 Å². The first-order valence-electron chi connectivity index (χ1n) is 6.11. The molecule has 18 heavy (non-hydrogen) atoms. The van der Waals surface area contributed by atoms with Gasteiger partial charge in [0.2, 0.25) is 0 Å². The third-order valence-corrected chi connectivity index (χ3v) is 2.95. The molecule has 0 radical (unpaired) electrons. The van der Waals surface area contributed by atoms with E-state index >= 15 is 0 Å². The summed E-state index contributed by atoms with van der Waals surface area (Å²) in [5.41, 5.74) is 1.37. The first-order valence-corrected chi connectivity index (χ1v) is 6.11. The van der Waals surface area contributed by atoms with Gasteiger partial charge in [-0.2, -0.15) is 5.26 Å². The average molecular weight is 248 g/mol. The molecule has 1 aromatic carbocycles. The summed E-state index contributed by atoms with van der Waals surface area (Å²) in [6.45, 7) is 5.16. The van der Waals surface area contributed by atoms with Crippen LogP contribution in [0.25, 0.3) is 0 Å². The zero-order chi connectivity index (χ0) is 13.5. The molecule has 2 N–H and O–H groups in total. The van der Waals surface area contributed by atoms with E-state index in [0.29, 0.717) is 18.7 Å². The quantitative estimate of drug-likeness (QED) is 0.796. The SMILES string of the molecule is CC(C)N(CCO)CC(O)c1ccc(C#N)cc1. The minimum absolute atomic E-state index is 0.0816. The Labute approximate surface area is 108 Å². The second-order valence-electron chi connectivity index (χ2n) is 4.56. The van der Waals surface area contributed by atoms with Gasteiger partial charge in [0.15, 0.2) is 0 Å². The summed E-state index contributed by atoms with van der Waals surface area (Å²) in [7, 11) is 0. The molecular weight excluding hydrogens is 228 g/mol. The standard InChI is InChI=1S/C14H20N2O2/c1-11(2)16(7-8-17)10-14(18)13-5-3-12(9-15)4-6-13/h3-6,11,14,17-18H,7-8,10H2,1-2H3. The van der Waals surface area contributed by atoms with Crippen LogP contribution in [0.1, 0.15) is 31.1 Å². The van der Waals surface area contributed by atoms with Crippen molar-refractivity contribution in [1.29, 1.82) is 5.26 Å². The Kier molecular flexibility index (Phi) is 5.79. The molecule has 0 aliphatic heterocycles. The fourth-order valence-corrected chi connectivity index (χ4v) is 1.80. The van der Waals surface area contributed by atoms with Crippen LogP contribution in [0.5, 0.6) is 0 Å². The Morgan fingerprint density at radius 1 is 1.28 bits per heavy atom. The van der Waals surface area contributed by atoms with Crippen molar-refractivity contribution in [2.24, 2.45) is 0 Å². The second kappa shape index (κ2) is 7.12.